The quantitative estimate of drug-likeness (QED) is 0.551. The monoisotopic (exact) mass is 337 g/mol. The van der Waals surface area contributed by atoms with Gasteiger partial charge in [-0.25, -0.2) is 5.43 Å². The zero-order chi connectivity index (χ0) is 17.6. The summed E-state index contributed by atoms with van der Waals surface area (Å²) >= 11 is 0. The minimum atomic E-state index is -0.424. The molecular weight excluding hydrogens is 322 g/mol. The van der Waals surface area contributed by atoms with Crippen LogP contribution in [0.2, 0.25) is 0 Å². The molecule has 0 aliphatic rings. The van der Waals surface area contributed by atoms with E-state index < -0.39 is 5.91 Å². The minimum absolute atomic E-state index is 0.188. The van der Waals surface area contributed by atoms with Crippen molar-refractivity contribution >= 4 is 23.2 Å². The Labute approximate surface area is 143 Å². The smallest absolute Gasteiger partial charge is 0.307 e. The zero-order valence-electron chi connectivity index (χ0n) is 13.4. The third-order valence-electron chi connectivity index (χ3n) is 3.38. The van der Waals surface area contributed by atoms with E-state index in [1.54, 1.807) is 55.5 Å². The molecule has 2 amide bonds. The average Bonchev–Trinajstić information content (AvgIpc) is 3.33. The third kappa shape index (κ3) is 4.03. The summed E-state index contributed by atoms with van der Waals surface area (Å²) in [6.07, 6.45) is 2.86. The number of amides is 2. The molecule has 25 heavy (non-hydrogen) atoms. The summed E-state index contributed by atoms with van der Waals surface area (Å²) in [4.78, 5) is 23.7. The van der Waals surface area contributed by atoms with Crippen LogP contribution in [0.25, 0.3) is 0 Å². The Morgan fingerprint density at radius 3 is 2.04 bits per heavy atom. The number of carbonyl (C=O) groups is 2. The van der Waals surface area contributed by atoms with E-state index >= 15 is 0 Å². The number of benzene rings is 1. The number of hydrogen-bond acceptors (Lipinski definition) is 5. The van der Waals surface area contributed by atoms with Gasteiger partial charge in [0.1, 0.15) is 0 Å². The lowest BCUT2D eigenvalue weighted by molar-refractivity contribution is 0.0926. The van der Waals surface area contributed by atoms with Crippen molar-refractivity contribution in [3.05, 3.63) is 78.1 Å². The fourth-order valence-corrected chi connectivity index (χ4v) is 2.06. The molecule has 2 aromatic heterocycles. The van der Waals surface area contributed by atoms with Crippen molar-refractivity contribution in [1.82, 2.24) is 5.43 Å². The highest BCUT2D eigenvalue weighted by Gasteiger charge is 2.09. The Kier molecular flexibility index (Phi) is 4.75. The largest absolute Gasteiger partial charge is 0.459 e. The molecule has 0 atom stereocenters. The predicted octanol–water partition coefficient (Wildman–Crippen LogP) is 3.28. The van der Waals surface area contributed by atoms with Gasteiger partial charge in [-0.2, -0.15) is 5.10 Å². The Morgan fingerprint density at radius 2 is 1.48 bits per heavy atom. The minimum Gasteiger partial charge on any atom is -0.459 e. The maximum Gasteiger partial charge on any atom is 0.307 e. The van der Waals surface area contributed by atoms with Gasteiger partial charge in [-0.05, 0) is 48.9 Å². The Balaban J connectivity index is 1.62. The van der Waals surface area contributed by atoms with Crippen LogP contribution in [0, 0.1) is 0 Å². The average molecular weight is 337 g/mol. The molecule has 0 bridgehead atoms. The highest BCUT2D eigenvalue weighted by atomic mass is 16.3. The summed E-state index contributed by atoms with van der Waals surface area (Å²) in [5, 5.41) is 6.76. The van der Waals surface area contributed by atoms with E-state index in [1.807, 2.05) is 0 Å². The molecule has 0 fully saturated rings. The Morgan fingerprint density at radius 1 is 0.880 bits per heavy atom. The number of anilines is 1. The van der Waals surface area contributed by atoms with Crippen molar-refractivity contribution in [2.24, 2.45) is 5.10 Å². The van der Waals surface area contributed by atoms with Gasteiger partial charge in [-0.15, -0.1) is 0 Å². The normalized spacial score (nSPS) is 11.2. The number of rotatable bonds is 5. The second kappa shape index (κ2) is 7.31. The van der Waals surface area contributed by atoms with E-state index in [0.717, 1.165) is 5.56 Å². The van der Waals surface area contributed by atoms with E-state index in [4.69, 9.17) is 8.83 Å². The van der Waals surface area contributed by atoms with E-state index in [0.29, 0.717) is 11.4 Å². The molecule has 0 unspecified atom stereocenters. The number of nitrogens with one attached hydrogen (secondary N) is 2. The first-order chi connectivity index (χ1) is 12.1. The van der Waals surface area contributed by atoms with E-state index in [1.165, 1.54) is 12.5 Å². The van der Waals surface area contributed by atoms with Gasteiger partial charge in [0, 0.05) is 5.69 Å². The van der Waals surface area contributed by atoms with Crippen LogP contribution < -0.4 is 10.7 Å². The maximum atomic E-state index is 11.9. The van der Waals surface area contributed by atoms with Crippen molar-refractivity contribution in [3.63, 3.8) is 0 Å². The molecule has 2 heterocycles. The Hall–Kier alpha value is -3.61. The van der Waals surface area contributed by atoms with Gasteiger partial charge >= 0.3 is 5.91 Å². The highest BCUT2D eigenvalue weighted by Crippen LogP contribution is 2.12. The lowest BCUT2D eigenvalue weighted by Gasteiger charge is -2.05. The van der Waals surface area contributed by atoms with Gasteiger partial charge in [-0.3, -0.25) is 9.59 Å². The van der Waals surface area contributed by atoms with Crippen molar-refractivity contribution in [2.75, 3.05) is 5.32 Å². The number of carbonyl (C=O) groups excluding carboxylic acids is 2. The molecular formula is C18H15N3O4. The Bertz CT molecular complexity index is 879. The molecule has 3 rings (SSSR count). The van der Waals surface area contributed by atoms with E-state index in [-0.39, 0.29) is 17.4 Å². The van der Waals surface area contributed by atoms with Crippen LogP contribution in [0.5, 0.6) is 0 Å². The summed E-state index contributed by atoms with van der Waals surface area (Å²) in [6, 6.07) is 13.5. The molecule has 7 nitrogen and oxygen atoms in total. The summed E-state index contributed by atoms with van der Waals surface area (Å²) in [5.74, 6) is -0.324. The van der Waals surface area contributed by atoms with Crippen LogP contribution in [-0.2, 0) is 0 Å². The lowest BCUT2D eigenvalue weighted by atomic mass is 10.1. The molecule has 1 aromatic carbocycles. The van der Waals surface area contributed by atoms with Gasteiger partial charge in [0.15, 0.2) is 11.5 Å². The first-order valence-electron chi connectivity index (χ1n) is 7.47. The molecule has 0 saturated carbocycles. The molecule has 126 valence electrons. The molecule has 2 N–H and O–H groups in total. The van der Waals surface area contributed by atoms with Gasteiger partial charge in [0.2, 0.25) is 0 Å². The maximum absolute atomic E-state index is 11.9. The standard InChI is InChI=1S/C18H15N3O4/c1-12(20-21-18(23)16-5-3-11-25-16)13-6-8-14(9-7-13)19-17(22)15-4-2-10-24-15/h2-11H,1H3,(H,19,22)(H,21,23)/b20-12+. The number of hydrogen-bond donors (Lipinski definition) is 2. The van der Waals surface area contributed by atoms with Gasteiger partial charge in [0.05, 0.1) is 18.2 Å². The van der Waals surface area contributed by atoms with Crippen molar-refractivity contribution in [1.29, 1.82) is 0 Å². The first kappa shape index (κ1) is 16.3. The van der Waals surface area contributed by atoms with Crippen LogP contribution >= 0.6 is 0 Å². The molecule has 0 saturated heterocycles. The predicted molar refractivity (Wildman–Crippen MR) is 91.5 cm³/mol. The van der Waals surface area contributed by atoms with Gasteiger partial charge < -0.3 is 14.2 Å². The SMILES string of the molecule is C/C(=N\NC(=O)c1ccco1)c1ccc(NC(=O)c2ccco2)cc1. The topological polar surface area (TPSA) is 96.8 Å². The zero-order valence-corrected chi connectivity index (χ0v) is 13.4. The molecule has 0 aliphatic carbocycles. The van der Waals surface area contributed by atoms with Crippen LogP contribution in [0.15, 0.2) is 75.0 Å². The van der Waals surface area contributed by atoms with Crippen LogP contribution in [0.1, 0.15) is 33.6 Å². The van der Waals surface area contributed by atoms with E-state index in [9.17, 15) is 9.59 Å². The molecule has 0 radical (unpaired) electrons. The fraction of sp³-hybridized carbons (Fsp3) is 0.0556. The number of nitrogens with zero attached hydrogens (tertiary/aromatic N) is 1. The summed E-state index contributed by atoms with van der Waals surface area (Å²) in [6.45, 7) is 1.76. The fourth-order valence-electron chi connectivity index (χ4n) is 2.06. The molecule has 0 spiro atoms. The molecule has 7 heteroatoms. The second-order valence-corrected chi connectivity index (χ2v) is 5.12. The molecule has 3 aromatic rings. The molecule has 0 aliphatic heterocycles. The third-order valence-corrected chi connectivity index (χ3v) is 3.38. The summed E-state index contributed by atoms with van der Waals surface area (Å²) in [7, 11) is 0. The van der Waals surface area contributed by atoms with Crippen LogP contribution in [0.3, 0.4) is 0 Å². The summed E-state index contributed by atoms with van der Waals surface area (Å²) in [5.41, 5.74) is 4.46. The lowest BCUT2D eigenvalue weighted by Crippen LogP contribution is -2.18. The van der Waals surface area contributed by atoms with Crippen molar-refractivity contribution in [2.45, 2.75) is 6.92 Å². The van der Waals surface area contributed by atoms with Gasteiger partial charge in [0.25, 0.3) is 5.91 Å². The van der Waals surface area contributed by atoms with Crippen LogP contribution in [0.4, 0.5) is 5.69 Å². The first-order valence-corrected chi connectivity index (χ1v) is 7.47. The van der Waals surface area contributed by atoms with Crippen molar-refractivity contribution in [3.8, 4) is 0 Å². The van der Waals surface area contributed by atoms with Crippen molar-refractivity contribution < 1.29 is 18.4 Å². The number of hydrazone groups is 1. The van der Waals surface area contributed by atoms with Gasteiger partial charge in [-0.1, -0.05) is 12.1 Å². The van der Waals surface area contributed by atoms with E-state index in [2.05, 4.69) is 15.8 Å². The summed E-state index contributed by atoms with van der Waals surface area (Å²) < 4.78 is 10.0. The number of furan rings is 2. The highest BCUT2D eigenvalue weighted by molar-refractivity contribution is 6.03. The second-order valence-electron chi connectivity index (χ2n) is 5.12. The van der Waals surface area contributed by atoms with Crippen LogP contribution in [-0.4, -0.2) is 17.5 Å².